The van der Waals surface area contributed by atoms with Crippen LogP contribution in [-0.2, 0) is 4.74 Å². The van der Waals surface area contributed by atoms with E-state index >= 15 is 0 Å². The maximum atomic E-state index is 13.3. The largest absolute Gasteiger partial charge is 0.465 e. The van der Waals surface area contributed by atoms with Gasteiger partial charge in [-0.3, -0.25) is 0 Å². The Morgan fingerprint density at radius 2 is 2.15 bits per heavy atom. The second-order valence-electron chi connectivity index (χ2n) is 4.36. The predicted octanol–water partition coefficient (Wildman–Crippen LogP) is 1.45. The van der Waals surface area contributed by atoms with Gasteiger partial charge in [0.2, 0.25) is 0 Å². The van der Waals surface area contributed by atoms with Gasteiger partial charge in [-0.15, -0.1) is 5.10 Å². The molecule has 0 spiro atoms. The van der Waals surface area contributed by atoms with Crippen LogP contribution in [0.25, 0.3) is 5.69 Å². The van der Waals surface area contributed by atoms with E-state index in [1.165, 1.54) is 23.9 Å². The second kappa shape index (κ2) is 5.20. The predicted molar refractivity (Wildman–Crippen MR) is 73.6 cm³/mol. The molecule has 1 aromatic carbocycles. The number of methoxy groups -OCH3 is 1. The molecule has 20 heavy (non-hydrogen) atoms. The Labute approximate surface area is 115 Å². The molecule has 2 N–H and O–H groups in total. The van der Waals surface area contributed by atoms with Crippen LogP contribution in [-0.4, -0.2) is 37.0 Å². The molecule has 0 saturated heterocycles. The summed E-state index contributed by atoms with van der Waals surface area (Å²) >= 11 is 0. The zero-order chi connectivity index (χ0) is 14.9. The third-order valence-corrected chi connectivity index (χ3v) is 2.77. The van der Waals surface area contributed by atoms with E-state index in [0.717, 1.165) is 0 Å². The normalized spacial score (nSPS) is 10.4. The van der Waals surface area contributed by atoms with Crippen LogP contribution in [0.15, 0.2) is 24.3 Å². The van der Waals surface area contributed by atoms with Gasteiger partial charge >= 0.3 is 5.97 Å². The van der Waals surface area contributed by atoms with Crippen molar-refractivity contribution >= 4 is 17.6 Å². The van der Waals surface area contributed by atoms with Crippen LogP contribution < -0.4 is 10.6 Å². The number of esters is 1. The van der Waals surface area contributed by atoms with E-state index in [1.807, 2.05) is 0 Å². The Morgan fingerprint density at radius 3 is 2.70 bits per heavy atom. The number of anilines is 2. The molecule has 0 fully saturated rings. The Balaban J connectivity index is 2.64. The lowest BCUT2D eigenvalue weighted by molar-refractivity contribution is 0.0602. The van der Waals surface area contributed by atoms with Crippen molar-refractivity contribution in [1.82, 2.24) is 9.78 Å². The second-order valence-corrected chi connectivity index (χ2v) is 4.36. The molecular weight excluding hydrogens is 263 g/mol. The highest BCUT2D eigenvalue weighted by Gasteiger charge is 2.24. The van der Waals surface area contributed by atoms with Crippen LogP contribution in [0, 0.1) is 5.82 Å². The number of benzene rings is 1. The van der Waals surface area contributed by atoms with E-state index in [4.69, 9.17) is 10.5 Å². The molecule has 0 radical (unpaired) electrons. The Kier molecular flexibility index (Phi) is 3.60. The van der Waals surface area contributed by atoms with Crippen molar-refractivity contribution in [1.29, 1.82) is 0 Å². The first-order valence-electron chi connectivity index (χ1n) is 5.85. The lowest BCUT2D eigenvalue weighted by Crippen LogP contribution is -2.14. The molecule has 106 valence electrons. The fourth-order valence-electron chi connectivity index (χ4n) is 1.83. The standard InChI is InChI=1S/C13H15FN4O2/c1-17(2)12-10(13(19)20-3)11(15)18(16-12)9-6-4-5-8(14)7-9/h4-7H,15H2,1-3H3. The quantitative estimate of drug-likeness (QED) is 0.860. The van der Waals surface area contributed by atoms with Gasteiger partial charge < -0.3 is 15.4 Å². The van der Waals surface area contributed by atoms with Crippen molar-refractivity contribution in [2.45, 2.75) is 0 Å². The molecule has 1 heterocycles. The Hall–Kier alpha value is -2.57. The van der Waals surface area contributed by atoms with Crippen LogP contribution in [0.1, 0.15) is 10.4 Å². The minimum absolute atomic E-state index is 0.103. The number of halogens is 1. The molecule has 0 aliphatic heterocycles. The van der Waals surface area contributed by atoms with E-state index in [-0.39, 0.29) is 11.4 Å². The summed E-state index contributed by atoms with van der Waals surface area (Å²) < 4.78 is 19.3. The minimum Gasteiger partial charge on any atom is -0.465 e. The van der Waals surface area contributed by atoms with Crippen molar-refractivity contribution < 1.29 is 13.9 Å². The molecule has 1 aromatic heterocycles. The first-order valence-corrected chi connectivity index (χ1v) is 5.85. The number of carbonyl (C=O) groups excluding carboxylic acids is 1. The van der Waals surface area contributed by atoms with Crippen LogP contribution >= 0.6 is 0 Å². The summed E-state index contributed by atoms with van der Waals surface area (Å²) in [6.07, 6.45) is 0. The number of ether oxygens (including phenoxy) is 1. The van der Waals surface area contributed by atoms with Crippen LogP contribution in [0.5, 0.6) is 0 Å². The third-order valence-electron chi connectivity index (χ3n) is 2.77. The van der Waals surface area contributed by atoms with Crippen molar-refractivity contribution in [3.63, 3.8) is 0 Å². The van der Waals surface area contributed by atoms with Gasteiger partial charge in [0, 0.05) is 14.1 Å². The average Bonchev–Trinajstić information content (AvgIpc) is 2.76. The maximum Gasteiger partial charge on any atom is 0.345 e. The number of hydrogen-bond donors (Lipinski definition) is 1. The molecule has 0 bridgehead atoms. The summed E-state index contributed by atoms with van der Waals surface area (Å²) in [5, 5.41) is 4.24. The van der Waals surface area contributed by atoms with Crippen LogP contribution in [0.4, 0.5) is 16.0 Å². The van der Waals surface area contributed by atoms with Crippen LogP contribution in [0.2, 0.25) is 0 Å². The Morgan fingerprint density at radius 1 is 1.45 bits per heavy atom. The molecule has 0 amide bonds. The van der Waals surface area contributed by atoms with Gasteiger partial charge in [0.25, 0.3) is 0 Å². The molecule has 0 aliphatic carbocycles. The van der Waals surface area contributed by atoms with Gasteiger partial charge in [0.1, 0.15) is 17.2 Å². The zero-order valence-electron chi connectivity index (χ0n) is 11.4. The molecule has 6 nitrogen and oxygen atoms in total. The number of nitrogens with two attached hydrogens (primary N) is 1. The first kappa shape index (κ1) is 13.9. The summed E-state index contributed by atoms with van der Waals surface area (Å²) in [6.45, 7) is 0. The van der Waals surface area contributed by atoms with Crippen molar-refractivity contribution in [3.05, 3.63) is 35.6 Å². The molecular formula is C13H15FN4O2. The summed E-state index contributed by atoms with van der Waals surface area (Å²) in [5.74, 6) is -0.540. The topological polar surface area (TPSA) is 73.4 Å². The first-order chi connectivity index (χ1) is 9.45. The molecule has 7 heteroatoms. The van der Waals surface area contributed by atoms with E-state index in [1.54, 1.807) is 31.1 Å². The van der Waals surface area contributed by atoms with E-state index in [9.17, 15) is 9.18 Å². The number of rotatable bonds is 3. The summed E-state index contributed by atoms with van der Waals surface area (Å²) in [7, 11) is 4.72. The van der Waals surface area contributed by atoms with Crippen molar-refractivity contribution in [3.8, 4) is 5.69 Å². The molecule has 2 aromatic rings. The minimum atomic E-state index is -0.589. The zero-order valence-corrected chi connectivity index (χ0v) is 11.4. The Bertz CT molecular complexity index is 652. The molecule has 0 unspecified atom stereocenters. The highest BCUT2D eigenvalue weighted by molar-refractivity contribution is 6.00. The summed E-state index contributed by atoms with van der Waals surface area (Å²) in [6, 6.07) is 5.78. The fourth-order valence-corrected chi connectivity index (χ4v) is 1.83. The van der Waals surface area contributed by atoms with Gasteiger partial charge in [0.15, 0.2) is 5.82 Å². The van der Waals surface area contributed by atoms with Gasteiger partial charge in [0.05, 0.1) is 12.8 Å². The molecule has 0 saturated carbocycles. The average molecular weight is 278 g/mol. The number of hydrogen-bond acceptors (Lipinski definition) is 5. The van der Waals surface area contributed by atoms with E-state index in [0.29, 0.717) is 11.5 Å². The summed E-state index contributed by atoms with van der Waals surface area (Å²) in [5.41, 5.74) is 6.54. The van der Waals surface area contributed by atoms with Gasteiger partial charge in [-0.1, -0.05) is 6.07 Å². The lowest BCUT2D eigenvalue weighted by Gasteiger charge is -2.09. The number of aromatic nitrogens is 2. The smallest absolute Gasteiger partial charge is 0.345 e. The van der Waals surface area contributed by atoms with E-state index < -0.39 is 11.8 Å². The molecule has 0 atom stereocenters. The monoisotopic (exact) mass is 278 g/mol. The molecule has 2 rings (SSSR count). The van der Waals surface area contributed by atoms with E-state index in [2.05, 4.69) is 5.10 Å². The van der Waals surface area contributed by atoms with Crippen LogP contribution in [0.3, 0.4) is 0 Å². The van der Waals surface area contributed by atoms with Crippen molar-refractivity contribution in [2.24, 2.45) is 0 Å². The third kappa shape index (κ3) is 2.29. The highest BCUT2D eigenvalue weighted by atomic mass is 19.1. The lowest BCUT2D eigenvalue weighted by atomic mass is 10.2. The van der Waals surface area contributed by atoms with Gasteiger partial charge in [-0.05, 0) is 18.2 Å². The van der Waals surface area contributed by atoms with Crippen molar-refractivity contribution in [2.75, 3.05) is 31.8 Å². The van der Waals surface area contributed by atoms with Gasteiger partial charge in [-0.25, -0.2) is 13.9 Å². The highest BCUT2D eigenvalue weighted by Crippen LogP contribution is 2.27. The van der Waals surface area contributed by atoms with Gasteiger partial charge in [-0.2, -0.15) is 0 Å². The number of carbonyl (C=O) groups is 1. The maximum absolute atomic E-state index is 13.3. The SMILES string of the molecule is COC(=O)c1c(N(C)C)nn(-c2cccc(F)c2)c1N. The fraction of sp³-hybridized carbons (Fsp3) is 0.231. The summed E-state index contributed by atoms with van der Waals surface area (Å²) in [4.78, 5) is 13.5. The number of nitrogens with zero attached hydrogens (tertiary/aromatic N) is 3. The number of nitrogen functional groups attached to an aromatic ring is 1. The molecule has 0 aliphatic rings.